The van der Waals surface area contributed by atoms with Crippen molar-refractivity contribution in [3.8, 4) is 0 Å². The van der Waals surface area contributed by atoms with E-state index < -0.39 is 0 Å². The number of benzene rings is 2. The standard InChI is InChI=1S/C18H21N3O2/c1-3-9-20-18(23)16-11-14(19)7-8-17(16)21-15-6-4-5-13(10-15)12(2)22/h4-8,10-11,21H,3,9,19H2,1-2H3,(H,20,23). The van der Waals surface area contributed by atoms with Gasteiger partial charge in [-0.05, 0) is 43.7 Å². The molecular formula is C18H21N3O2. The summed E-state index contributed by atoms with van der Waals surface area (Å²) in [5, 5.41) is 6.03. The van der Waals surface area contributed by atoms with E-state index in [1.165, 1.54) is 6.92 Å². The van der Waals surface area contributed by atoms with Gasteiger partial charge in [0.25, 0.3) is 5.91 Å². The SMILES string of the molecule is CCCNC(=O)c1cc(N)ccc1Nc1cccc(C(C)=O)c1. The molecule has 0 aliphatic carbocycles. The number of carbonyl (C=O) groups excluding carboxylic acids is 2. The van der Waals surface area contributed by atoms with Crippen molar-refractivity contribution in [1.29, 1.82) is 0 Å². The van der Waals surface area contributed by atoms with Crippen LogP contribution in [0.15, 0.2) is 42.5 Å². The lowest BCUT2D eigenvalue weighted by molar-refractivity contribution is 0.0953. The molecule has 1 amide bonds. The lowest BCUT2D eigenvalue weighted by Gasteiger charge is -2.13. The van der Waals surface area contributed by atoms with Crippen molar-refractivity contribution >= 4 is 28.8 Å². The zero-order valence-corrected chi connectivity index (χ0v) is 13.3. The molecule has 5 nitrogen and oxygen atoms in total. The van der Waals surface area contributed by atoms with E-state index in [4.69, 9.17) is 5.73 Å². The Kier molecular flexibility index (Phi) is 5.36. The maximum absolute atomic E-state index is 12.3. The zero-order valence-electron chi connectivity index (χ0n) is 13.3. The number of anilines is 3. The van der Waals surface area contributed by atoms with Gasteiger partial charge in [0.15, 0.2) is 5.78 Å². The van der Waals surface area contributed by atoms with Crippen molar-refractivity contribution in [1.82, 2.24) is 5.32 Å². The van der Waals surface area contributed by atoms with E-state index in [2.05, 4.69) is 10.6 Å². The molecule has 2 aromatic carbocycles. The van der Waals surface area contributed by atoms with E-state index in [0.717, 1.165) is 12.1 Å². The van der Waals surface area contributed by atoms with E-state index in [-0.39, 0.29) is 11.7 Å². The second-order valence-corrected chi connectivity index (χ2v) is 5.32. The second-order valence-electron chi connectivity index (χ2n) is 5.32. The number of ketones is 1. The van der Waals surface area contributed by atoms with Gasteiger partial charge in [-0.25, -0.2) is 0 Å². The van der Waals surface area contributed by atoms with Crippen LogP contribution < -0.4 is 16.4 Å². The van der Waals surface area contributed by atoms with Gasteiger partial charge in [-0.15, -0.1) is 0 Å². The molecule has 4 N–H and O–H groups in total. The lowest BCUT2D eigenvalue weighted by Crippen LogP contribution is -2.24. The van der Waals surface area contributed by atoms with Crippen LogP contribution in [0, 0.1) is 0 Å². The predicted octanol–water partition coefficient (Wildman–Crippen LogP) is 3.35. The second kappa shape index (κ2) is 7.45. The van der Waals surface area contributed by atoms with Crippen molar-refractivity contribution in [3.05, 3.63) is 53.6 Å². The van der Waals surface area contributed by atoms with E-state index in [1.54, 1.807) is 36.4 Å². The fraction of sp³-hybridized carbons (Fsp3) is 0.222. The van der Waals surface area contributed by atoms with Gasteiger partial charge in [-0.3, -0.25) is 9.59 Å². The van der Waals surface area contributed by atoms with Crippen molar-refractivity contribution in [2.45, 2.75) is 20.3 Å². The Balaban J connectivity index is 2.30. The fourth-order valence-electron chi connectivity index (χ4n) is 2.16. The van der Waals surface area contributed by atoms with Crippen LogP contribution >= 0.6 is 0 Å². The molecule has 0 unspecified atom stereocenters. The number of hydrogen-bond donors (Lipinski definition) is 3. The molecule has 0 aliphatic heterocycles. The van der Waals surface area contributed by atoms with Gasteiger partial charge < -0.3 is 16.4 Å². The van der Waals surface area contributed by atoms with Crippen LogP contribution in [-0.2, 0) is 0 Å². The highest BCUT2D eigenvalue weighted by Gasteiger charge is 2.12. The average molecular weight is 311 g/mol. The molecule has 0 aliphatic rings. The molecule has 0 fully saturated rings. The highest BCUT2D eigenvalue weighted by atomic mass is 16.1. The number of nitrogens with two attached hydrogens (primary N) is 1. The average Bonchev–Trinajstić information content (AvgIpc) is 2.54. The van der Waals surface area contributed by atoms with Gasteiger partial charge in [0.2, 0.25) is 0 Å². The number of carbonyl (C=O) groups is 2. The Bertz CT molecular complexity index is 726. The van der Waals surface area contributed by atoms with Crippen molar-refractivity contribution in [2.24, 2.45) is 0 Å². The molecule has 0 saturated heterocycles. The molecule has 0 saturated carbocycles. The van der Waals surface area contributed by atoms with Crippen LogP contribution in [0.4, 0.5) is 17.1 Å². The summed E-state index contributed by atoms with van der Waals surface area (Å²) in [5.74, 6) is -0.184. The Morgan fingerprint density at radius 1 is 1.13 bits per heavy atom. The number of Topliss-reactive ketones (excluding diaryl/α,β-unsaturated/α-hetero) is 1. The quantitative estimate of drug-likeness (QED) is 0.564. The highest BCUT2D eigenvalue weighted by Crippen LogP contribution is 2.24. The van der Waals surface area contributed by atoms with E-state index in [1.807, 2.05) is 13.0 Å². The first-order valence-electron chi connectivity index (χ1n) is 7.57. The molecule has 23 heavy (non-hydrogen) atoms. The lowest BCUT2D eigenvalue weighted by atomic mass is 10.1. The van der Waals surface area contributed by atoms with E-state index in [9.17, 15) is 9.59 Å². The Labute approximate surface area is 135 Å². The third-order valence-corrected chi connectivity index (χ3v) is 3.37. The smallest absolute Gasteiger partial charge is 0.253 e. The Morgan fingerprint density at radius 3 is 2.61 bits per heavy atom. The van der Waals surface area contributed by atoms with Crippen LogP contribution in [0.1, 0.15) is 41.0 Å². The van der Waals surface area contributed by atoms with E-state index >= 15 is 0 Å². The Hall–Kier alpha value is -2.82. The highest BCUT2D eigenvalue weighted by molar-refractivity contribution is 6.01. The molecule has 0 atom stereocenters. The minimum Gasteiger partial charge on any atom is -0.399 e. The minimum absolute atomic E-state index is 0.00753. The molecule has 0 bridgehead atoms. The first kappa shape index (κ1) is 16.5. The first-order chi connectivity index (χ1) is 11.0. The molecule has 0 heterocycles. The first-order valence-corrected chi connectivity index (χ1v) is 7.57. The van der Waals surface area contributed by atoms with Crippen molar-refractivity contribution in [3.63, 3.8) is 0 Å². The summed E-state index contributed by atoms with van der Waals surface area (Å²) in [6.45, 7) is 4.12. The summed E-state index contributed by atoms with van der Waals surface area (Å²) in [7, 11) is 0. The van der Waals surface area contributed by atoms with E-state index in [0.29, 0.717) is 29.0 Å². The fourth-order valence-corrected chi connectivity index (χ4v) is 2.16. The normalized spacial score (nSPS) is 10.2. The van der Waals surface area contributed by atoms with Crippen molar-refractivity contribution < 1.29 is 9.59 Å². The van der Waals surface area contributed by atoms with Gasteiger partial charge in [-0.1, -0.05) is 19.1 Å². The molecule has 2 aromatic rings. The molecule has 5 heteroatoms. The summed E-state index contributed by atoms with van der Waals surface area (Å²) in [6, 6.07) is 12.3. The summed E-state index contributed by atoms with van der Waals surface area (Å²) in [5.41, 5.74) is 8.80. The summed E-state index contributed by atoms with van der Waals surface area (Å²) >= 11 is 0. The molecule has 0 aromatic heterocycles. The summed E-state index contributed by atoms with van der Waals surface area (Å²) in [4.78, 5) is 23.8. The monoisotopic (exact) mass is 311 g/mol. The topological polar surface area (TPSA) is 84.2 Å². The maximum atomic E-state index is 12.3. The zero-order chi connectivity index (χ0) is 16.8. The van der Waals surface area contributed by atoms with Crippen LogP contribution in [0.3, 0.4) is 0 Å². The molecule has 120 valence electrons. The molecular weight excluding hydrogens is 290 g/mol. The number of rotatable bonds is 6. The molecule has 0 spiro atoms. The largest absolute Gasteiger partial charge is 0.399 e. The molecule has 0 radical (unpaired) electrons. The van der Waals surface area contributed by atoms with Crippen LogP contribution in [0.2, 0.25) is 0 Å². The van der Waals surface area contributed by atoms with Crippen LogP contribution in [0.25, 0.3) is 0 Å². The van der Waals surface area contributed by atoms with Gasteiger partial charge in [-0.2, -0.15) is 0 Å². The number of nitrogens with one attached hydrogen (secondary N) is 2. The van der Waals surface area contributed by atoms with Gasteiger partial charge in [0.05, 0.1) is 11.3 Å². The number of amides is 1. The van der Waals surface area contributed by atoms with Gasteiger partial charge in [0.1, 0.15) is 0 Å². The summed E-state index contributed by atoms with van der Waals surface area (Å²) in [6.07, 6.45) is 0.859. The number of hydrogen-bond acceptors (Lipinski definition) is 4. The third-order valence-electron chi connectivity index (χ3n) is 3.37. The maximum Gasteiger partial charge on any atom is 0.253 e. The van der Waals surface area contributed by atoms with Crippen LogP contribution in [-0.4, -0.2) is 18.2 Å². The minimum atomic E-state index is -0.177. The van der Waals surface area contributed by atoms with Gasteiger partial charge >= 0.3 is 0 Å². The Morgan fingerprint density at radius 2 is 1.91 bits per heavy atom. The number of nitrogen functional groups attached to an aromatic ring is 1. The van der Waals surface area contributed by atoms with Crippen molar-refractivity contribution in [2.75, 3.05) is 17.6 Å². The molecule has 2 rings (SSSR count). The van der Waals surface area contributed by atoms with Crippen LogP contribution in [0.5, 0.6) is 0 Å². The third kappa shape index (κ3) is 4.32. The van der Waals surface area contributed by atoms with Gasteiger partial charge in [0, 0.05) is 23.5 Å². The predicted molar refractivity (Wildman–Crippen MR) is 93.2 cm³/mol. The summed E-state index contributed by atoms with van der Waals surface area (Å²) < 4.78 is 0.